The van der Waals surface area contributed by atoms with Crippen molar-refractivity contribution in [3.8, 4) is 16.9 Å². The average Bonchev–Trinajstić information content (AvgIpc) is 3.42. The first-order valence-electron chi connectivity index (χ1n) is 12.9. The summed E-state index contributed by atoms with van der Waals surface area (Å²) in [4.78, 5) is 26.4. The highest BCUT2D eigenvalue weighted by Crippen LogP contribution is 2.37. The summed E-state index contributed by atoms with van der Waals surface area (Å²) in [5.41, 5.74) is 0.958. The van der Waals surface area contributed by atoms with Gasteiger partial charge in [-0.2, -0.15) is 4.98 Å². The van der Waals surface area contributed by atoms with Gasteiger partial charge in [0.1, 0.15) is 42.7 Å². The summed E-state index contributed by atoms with van der Waals surface area (Å²) >= 11 is 0. The Morgan fingerprint density at radius 2 is 1.88 bits per heavy atom. The predicted molar refractivity (Wildman–Crippen MR) is 150 cm³/mol. The van der Waals surface area contributed by atoms with Crippen LogP contribution in [0.5, 0.6) is 5.75 Å². The lowest BCUT2D eigenvalue weighted by molar-refractivity contribution is -0.141. The van der Waals surface area contributed by atoms with Crippen LogP contribution in [0.15, 0.2) is 41.2 Å². The van der Waals surface area contributed by atoms with Crippen LogP contribution in [0.3, 0.4) is 0 Å². The van der Waals surface area contributed by atoms with Crippen molar-refractivity contribution in [1.82, 2.24) is 20.1 Å². The lowest BCUT2D eigenvalue weighted by atomic mass is 9.95. The van der Waals surface area contributed by atoms with Crippen molar-refractivity contribution in [2.45, 2.75) is 45.4 Å². The van der Waals surface area contributed by atoms with Crippen LogP contribution in [0, 0.1) is 11.6 Å². The van der Waals surface area contributed by atoms with Gasteiger partial charge in [0, 0.05) is 54.4 Å². The Bertz CT molecular complexity index is 1490. The van der Waals surface area contributed by atoms with Crippen LogP contribution in [-0.2, 0) is 9.53 Å². The second-order valence-corrected chi connectivity index (χ2v) is 9.78. The Morgan fingerprint density at radius 1 is 1.10 bits per heavy atom. The van der Waals surface area contributed by atoms with E-state index in [4.69, 9.17) is 14.0 Å². The molecule has 9 nitrogen and oxygen atoms in total. The topological polar surface area (TPSA) is 103 Å². The van der Waals surface area contributed by atoms with Crippen molar-refractivity contribution < 1.29 is 27.6 Å². The fourth-order valence-electron chi connectivity index (χ4n) is 4.72. The number of piperidine rings is 1. The third-order valence-corrected chi connectivity index (χ3v) is 6.68. The standard InChI is InChI=1S/C28H29F2N5O4.BrH/c1-16(2)28-33-26(34-39-28)18-6-8-35(9-7-18)27-23-13-19(29)12-22(25(23)31-15-32-27)21-5-4-20(14-24(21)30)38-11-10-37-17(3)36;/h4-5,12-16,18H,6-11H2,1-3H3;1H. The van der Waals surface area contributed by atoms with Gasteiger partial charge in [0.05, 0.1) is 5.52 Å². The van der Waals surface area contributed by atoms with E-state index in [-0.39, 0.29) is 53.3 Å². The number of fused-ring (bicyclic) bond motifs is 1. The minimum atomic E-state index is -0.589. The molecule has 2 aromatic heterocycles. The van der Waals surface area contributed by atoms with E-state index in [0.29, 0.717) is 47.1 Å². The summed E-state index contributed by atoms with van der Waals surface area (Å²) in [6, 6.07) is 6.98. The Kier molecular flexibility index (Phi) is 9.28. The number of anilines is 1. The maximum absolute atomic E-state index is 15.2. The highest BCUT2D eigenvalue weighted by atomic mass is 79.9. The van der Waals surface area contributed by atoms with Gasteiger partial charge in [-0.05, 0) is 37.1 Å². The first-order valence-corrected chi connectivity index (χ1v) is 12.9. The summed E-state index contributed by atoms with van der Waals surface area (Å²) in [7, 11) is 0. The zero-order chi connectivity index (χ0) is 27.5. The molecule has 40 heavy (non-hydrogen) atoms. The van der Waals surface area contributed by atoms with Gasteiger partial charge in [-0.25, -0.2) is 18.7 Å². The number of esters is 1. The van der Waals surface area contributed by atoms with Crippen LogP contribution in [0.4, 0.5) is 14.6 Å². The van der Waals surface area contributed by atoms with Crippen molar-refractivity contribution in [2.75, 3.05) is 31.2 Å². The number of ether oxygens (including phenoxy) is 2. The fourth-order valence-corrected chi connectivity index (χ4v) is 4.72. The molecular weight excluding hydrogens is 588 g/mol. The smallest absolute Gasteiger partial charge is 0.302 e. The zero-order valence-corrected chi connectivity index (χ0v) is 24.1. The summed E-state index contributed by atoms with van der Waals surface area (Å²) < 4.78 is 45.7. The van der Waals surface area contributed by atoms with E-state index < -0.39 is 17.6 Å². The monoisotopic (exact) mass is 617 g/mol. The Morgan fingerprint density at radius 3 is 2.55 bits per heavy atom. The van der Waals surface area contributed by atoms with Gasteiger partial charge in [-0.15, -0.1) is 17.0 Å². The van der Waals surface area contributed by atoms with Gasteiger partial charge in [0.15, 0.2) is 5.82 Å². The average molecular weight is 618 g/mol. The second kappa shape index (κ2) is 12.7. The summed E-state index contributed by atoms with van der Waals surface area (Å²) in [6.07, 6.45) is 3.00. The lowest BCUT2D eigenvalue weighted by Crippen LogP contribution is -2.34. The van der Waals surface area contributed by atoms with Crippen molar-refractivity contribution in [3.05, 3.63) is 60.0 Å². The summed E-state index contributed by atoms with van der Waals surface area (Å²) in [5.74, 6) is 1.03. The van der Waals surface area contributed by atoms with E-state index in [1.54, 1.807) is 6.07 Å². The molecule has 12 heteroatoms. The summed E-state index contributed by atoms with van der Waals surface area (Å²) in [6.45, 7) is 6.79. The molecule has 1 aliphatic rings. The van der Waals surface area contributed by atoms with Gasteiger partial charge in [0.25, 0.3) is 0 Å². The van der Waals surface area contributed by atoms with Crippen molar-refractivity contribution in [1.29, 1.82) is 0 Å². The Labute approximate surface area is 240 Å². The highest BCUT2D eigenvalue weighted by molar-refractivity contribution is 8.93. The van der Waals surface area contributed by atoms with Gasteiger partial charge >= 0.3 is 5.97 Å². The number of hydrogen-bond acceptors (Lipinski definition) is 9. The maximum atomic E-state index is 15.2. The van der Waals surface area contributed by atoms with Crippen LogP contribution in [0.2, 0.25) is 0 Å². The maximum Gasteiger partial charge on any atom is 0.302 e. The molecule has 2 aromatic carbocycles. The third kappa shape index (κ3) is 6.38. The van der Waals surface area contributed by atoms with E-state index in [1.807, 2.05) is 13.8 Å². The number of halogens is 3. The van der Waals surface area contributed by atoms with Gasteiger partial charge in [-0.1, -0.05) is 19.0 Å². The number of aromatic nitrogens is 4. The van der Waals surface area contributed by atoms with E-state index in [0.717, 1.165) is 12.8 Å². The molecule has 1 aliphatic heterocycles. The Balaban J connectivity index is 0.00000370. The first kappa shape index (κ1) is 29.3. The van der Waals surface area contributed by atoms with Gasteiger partial charge in [0.2, 0.25) is 5.89 Å². The molecule has 212 valence electrons. The molecule has 0 aliphatic carbocycles. The number of carbonyl (C=O) groups is 1. The highest BCUT2D eigenvalue weighted by Gasteiger charge is 2.27. The fraction of sp³-hybridized carbons (Fsp3) is 0.393. The lowest BCUT2D eigenvalue weighted by Gasteiger charge is -2.32. The van der Waals surface area contributed by atoms with Gasteiger partial charge in [-0.3, -0.25) is 4.79 Å². The molecule has 3 heterocycles. The summed E-state index contributed by atoms with van der Waals surface area (Å²) in [5, 5.41) is 4.67. The molecule has 0 unspecified atom stereocenters. The van der Waals surface area contributed by atoms with Gasteiger partial charge < -0.3 is 18.9 Å². The predicted octanol–water partition coefficient (Wildman–Crippen LogP) is 5.99. The second-order valence-electron chi connectivity index (χ2n) is 9.78. The number of benzene rings is 2. The number of hydrogen-bond donors (Lipinski definition) is 0. The van der Waals surface area contributed by atoms with Crippen molar-refractivity contribution >= 4 is 39.7 Å². The minimum absolute atomic E-state index is 0. The third-order valence-electron chi connectivity index (χ3n) is 6.68. The van der Waals surface area contributed by atoms with E-state index in [1.165, 1.54) is 37.5 Å². The molecule has 0 N–H and O–H groups in total. The largest absolute Gasteiger partial charge is 0.490 e. The quantitative estimate of drug-likeness (QED) is 0.174. The molecule has 5 rings (SSSR count). The number of nitrogens with zero attached hydrogens (tertiary/aromatic N) is 5. The number of carbonyl (C=O) groups excluding carboxylic acids is 1. The Hall–Kier alpha value is -3.67. The van der Waals surface area contributed by atoms with E-state index in [2.05, 4.69) is 25.0 Å². The van der Waals surface area contributed by atoms with Crippen LogP contribution < -0.4 is 9.64 Å². The molecule has 0 saturated carbocycles. The van der Waals surface area contributed by atoms with Crippen LogP contribution in [0.25, 0.3) is 22.0 Å². The van der Waals surface area contributed by atoms with E-state index in [9.17, 15) is 9.18 Å². The molecule has 1 saturated heterocycles. The number of rotatable bonds is 8. The molecule has 0 spiro atoms. The normalized spacial score (nSPS) is 13.9. The van der Waals surface area contributed by atoms with Crippen LogP contribution in [0.1, 0.15) is 57.2 Å². The van der Waals surface area contributed by atoms with E-state index >= 15 is 4.39 Å². The molecule has 4 aromatic rings. The molecular formula is C28H30BrF2N5O4. The van der Waals surface area contributed by atoms with Crippen LogP contribution >= 0.6 is 17.0 Å². The van der Waals surface area contributed by atoms with Crippen LogP contribution in [-0.4, -0.2) is 52.4 Å². The molecule has 0 amide bonds. The SMILES string of the molecule is Br.CC(=O)OCCOc1ccc(-c2cc(F)cc3c(N4CCC(c5noc(C(C)C)n5)CC4)ncnc23)c(F)c1. The molecule has 0 radical (unpaired) electrons. The van der Waals surface area contributed by atoms with Crippen molar-refractivity contribution in [2.24, 2.45) is 0 Å². The first-order chi connectivity index (χ1) is 18.8. The zero-order valence-electron chi connectivity index (χ0n) is 22.4. The molecule has 0 bridgehead atoms. The minimum Gasteiger partial charge on any atom is -0.490 e. The van der Waals surface area contributed by atoms with Crippen molar-refractivity contribution in [3.63, 3.8) is 0 Å². The molecule has 0 atom stereocenters. The molecule has 1 fully saturated rings.